The molecule has 110 valence electrons. The molecule has 0 aliphatic rings. The predicted molar refractivity (Wildman–Crippen MR) is 84.1 cm³/mol. The Balaban J connectivity index is 2.00. The number of nitrogens with zero attached hydrogens (tertiary/aromatic N) is 1. The van der Waals surface area contributed by atoms with Crippen LogP contribution in [0.2, 0.25) is 0 Å². The van der Waals surface area contributed by atoms with Crippen molar-refractivity contribution in [2.45, 2.75) is 30.5 Å². The first-order valence-electron chi connectivity index (χ1n) is 6.22. The second kappa shape index (κ2) is 6.66. The van der Waals surface area contributed by atoms with Crippen LogP contribution < -0.4 is 10.0 Å². The van der Waals surface area contributed by atoms with Gasteiger partial charge in [-0.25, -0.2) is 13.4 Å². The van der Waals surface area contributed by atoms with Crippen LogP contribution in [-0.4, -0.2) is 26.0 Å². The van der Waals surface area contributed by atoms with Crippen LogP contribution in [0.25, 0.3) is 0 Å². The highest BCUT2D eigenvalue weighted by Gasteiger charge is 2.17. The van der Waals surface area contributed by atoms with E-state index in [4.69, 9.17) is 0 Å². The zero-order chi connectivity index (χ0) is 14.6. The molecule has 0 saturated carbocycles. The molecule has 0 amide bonds. The highest BCUT2D eigenvalue weighted by molar-refractivity contribution is 7.94. The van der Waals surface area contributed by atoms with Crippen molar-refractivity contribution in [2.24, 2.45) is 0 Å². The van der Waals surface area contributed by atoms with E-state index >= 15 is 0 Å². The summed E-state index contributed by atoms with van der Waals surface area (Å²) >= 11 is 2.56. The van der Waals surface area contributed by atoms with Gasteiger partial charge in [0.05, 0.1) is 0 Å². The zero-order valence-corrected chi connectivity index (χ0v) is 13.7. The molecule has 2 rings (SSSR count). The minimum atomic E-state index is -3.51. The van der Waals surface area contributed by atoms with Crippen molar-refractivity contribution >= 4 is 37.8 Å². The SMILES string of the molecule is CC(C)NCCc1ccc(S(=O)(=O)Nc2nccs2)s1. The Bertz CT molecular complexity index is 633. The minimum Gasteiger partial charge on any atom is -0.314 e. The highest BCUT2D eigenvalue weighted by Crippen LogP contribution is 2.24. The number of sulfonamides is 1. The number of rotatable bonds is 7. The Morgan fingerprint density at radius 1 is 1.35 bits per heavy atom. The highest BCUT2D eigenvalue weighted by atomic mass is 32.2. The van der Waals surface area contributed by atoms with E-state index in [1.807, 2.05) is 6.07 Å². The lowest BCUT2D eigenvalue weighted by atomic mass is 10.3. The summed E-state index contributed by atoms with van der Waals surface area (Å²) in [6.45, 7) is 5.02. The Labute approximate surface area is 127 Å². The molecule has 0 atom stereocenters. The van der Waals surface area contributed by atoms with E-state index in [-0.39, 0.29) is 0 Å². The summed E-state index contributed by atoms with van der Waals surface area (Å²) in [6.07, 6.45) is 2.40. The van der Waals surface area contributed by atoms with Crippen molar-refractivity contribution in [1.82, 2.24) is 10.3 Å². The van der Waals surface area contributed by atoms with Crippen LogP contribution in [0, 0.1) is 0 Å². The van der Waals surface area contributed by atoms with Gasteiger partial charge in [-0.3, -0.25) is 4.72 Å². The monoisotopic (exact) mass is 331 g/mol. The van der Waals surface area contributed by atoms with E-state index in [1.54, 1.807) is 17.6 Å². The molecular formula is C12H17N3O2S3. The van der Waals surface area contributed by atoms with E-state index in [0.29, 0.717) is 15.4 Å². The smallest absolute Gasteiger partial charge is 0.273 e. The van der Waals surface area contributed by atoms with Crippen molar-refractivity contribution in [3.63, 3.8) is 0 Å². The van der Waals surface area contributed by atoms with Gasteiger partial charge in [-0.1, -0.05) is 13.8 Å². The largest absolute Gasteiger partial charge is 0.314 e. The number of hydrogen-bond acceptors (Lipinski definition) is 6. The van der Waals surface area contributed by atoms with Gasteiger partial charge in [0.25, 0.3) is 10.0 Å². The van der Waals surface area contributed by atoms with Gasteiger partial charge in [-0.05, 0) is 18.6 Å². The van der Waals surface area contributed by atoms with Gasteiger partial charge < -0.3 is 5.32 Å². The summed E-state index contributed by atoms with van der Waals surface area (Å²) in [6, 6.07) is 3.94. The molecule has 5 nitrogen and oxygen atoms in total. The van der Waals surface area contributed by atoms with Crippen molar-refractivity contribution in [3.05, 3.63) is 28.6 Å². The minimum absolute atomic E-state index is 0.326. The zero-order valence-electron chi connectivity index (χ0n) is 11.3. The van der Waals surface area contributed by atoms with Crippen molar-refractivity contribution in [1.29, 1.82) is 0 Å². The van der Waals surface area contributed by atoms with Crippen LogP contribution in [0.1, 0.15) is 18.7 Å². The van der Waals surface area contributed by atoms with Crippen molar-refractivity contribution < 1.29 is 8.42 Å². The average molecular weight is 331 g/mol. The van der Waals surface area contributed by atoms with Crippen LogP contribution in [0.3, 0.4) is 0 Å². The number of hydrogen-bond donors (Lipinski definition) is 2. The molecule has 0 aromatic carbocycles. The lowest BCUT2D eigenvalue weighted by Crippen LogP contribution is -2.24. The van der Waals surface area contributed by atoms with E-state index in [1.165, 1.54) is 22.7 Å². The second-order valence-corrected chi connectivity index (χ2v) is 8.49. The Kier molecular flexibility index (Phi) is 5.14. The molecule has 0 aliphatic carbocycles. The number of aromatic nitrogens is 1. The first-order valence-corrected chi connectivity index (χ1v) is 9.40. The fraction of sp³-hybridized carbons (Fsp3) is 0.417. The third kappa shape index (κ3) is 4.27. The molecule has 2 N–H and O–H groups in total. The molecule has 0 fully saturated rings. The third-order valence-electron chi connectivity index (χ3n) is 2.48. The van der Waals surface area contributed by atoms with Gasteiger partial charge in [-0.2, -0.15) is 0 Å². The summed E-state index contributed by atoms with van der Waals surface area (Å²) in [5.74, 6) is 0. The molecular weight excluding hydrogens is 314 g/mol. The third-order valence-corrected chi connectivity index (χ3v) is 6.27. The maximum Gasteiger partial charge on any atom is 0.273 e. The summed E-state index contributed by atoms with van der Waals surface area (Å²) in [7, 11) is -3.51. The molecule has 0 spiro atoms. The number of nitrogens with one attached hydrogen (secondary N) is 2. The quantitative estimate of drug-likeness (QED) is 0.818. The molecule has 2 aromatic heterocycles. The topological polar surface area (TPSA) is 71.1 Å². The van der Waals surface area contributed by atoms with E-state index in [2.05, 4.69) is 28.9 Å². The van der Waals surface area contributed by atoms with Gasteiger partial charge in [0.1, 0.15) is 4.21 Å². The lowest BCUT2D eigenvalue weighted by molar-refractivity contribution is 0.592. The van der Waals surface area contributed by atoms with E-state index in [0.717, 1.165) is 17.8 Å². The molecule has 20 heavy (non-hydrogen) atoms. The van der Waals surface area contributed by atoms with Crippen LogP contribution in [0.4, 0.5) is 5.13 Å². The van der Waals surface area contributed by atoms with E-state index in [9.17, 15) is 8.42 Å². The molecule has 2 heterocycles. The fourth-order valence-corrected chi connectivity index (χ4v) is 4.70. The molecule has 0 unspecified atom stereocenters. The van der Waals surface area contributed by atoms with Crippen LogP contribution in [-0.2, 0) is 16.4 Å². The van der Waals surface area contributed by atoms with Crippen molar-refractivity contribution in [3.8, 4) is 0 Å². The van der Waals surface area contributed by atoms with E-state index < -0.39 is 10.0 Å². The van der Waals surface area contributed by atoms with Gasteiger partial charge in [0, 0.05) is 29.0 Å². The van der Waals surface area contributed by atoms with Crippen LogP contribution >= 0.6 is 22.7 Å². The molecule has 0 bridgehead atoms. The first-order chi connectivity index (χ1) is 9.47. The van der Waals surface area contributed by atoms with Gasteiger partial charge in [0.2, 0.25) is 0 Å². The number of anilines is 1. The Morgan fingerprint density at radius 3 is 2.80 bits per heavy atom. The van der Waals surface area contributed by atoms with Gasteiger partial charge in [0.15, 0.2) is 5.13 Å². The van der Waals surface area contributed by atoms with Crippen molar-refractivity contribution in [2.75, 3.05) is 11.3 Å². The summed E-state index contributed by atoms with van der Waals surface area (Å²) < 4.78 is 27.1. The fourth-order valence-electron chi connectivity index (χ4n) is 1.56. The molecule has 0 saturated heterocycles. The summed E-state index contributed by atoms with van der Waals surface area (Å²) in [5.41, 5.74) is 0. The van der Waals surface area contributed by atoms with Crippen LogP contribution in [0.5, 0.6) is 0 Å². The lowest BCUT2D eigenvalue weighted by Gasteiger charge is -2.06. The molecule has 0 radical (unpaired) electrons. The standard InChI is InChI=1S/C12H17N3O2S3/c1-9(2)13-6-5-10-3-4-11(19-10)20(16,17)15-12-14-7-8-18-12/h3-4,7-9,13H,5-6H2,1-2H3,(H,14,15). The van der Waals surface area contributed by atoms with Gasteiger partial charge >= 0.3 is 0 Å². The number of thiophene rings is 1. The number of thiazole rings is 1. The maximum absolute atomic E-state index is 12.1. The Hall–Kier alpha value is -0.960. The molecule has 8 heteroatoms. The summed E-state index contributed by atoms with van der Waals surface area (Å²) in [5, 5.41) is 5.43. The molecule has 0 aliphatic heterocycles. The van der Waals surface area contributed by atoms with Crippen LogP contribution in [0.15, 0.2) is 27.9 Å². The predicted octanol–water partition coefficient (Wildman–Crippen LogP) is 2.55. The summed E-state index contributed by atoms with van der Waals surface area (Å²) in [4.78, 5) is 4.98. The second-order valence-electron chi connectivity index (χ2n) is 4.52. The first kappa shape index (κ1) is 15.4. The van der Waals surface area contributed by atoms with Gasteiger partial charge in [-0.15, -0.1) is 22.7 Å². The normalized spacial score (nSPS) is 11.9. The average Bonchev–Trinajstić information content (AvgIpc) is 2.99. The maximum atomic E-state index is 12.1. The molecule has 2 aromatic rings. The Morgan fingerprint density at radius 2 is 2.15 bits per heavy atom.